The van der Waals surface area contributed by atoms with Crippen molar-refractivity contribution in [2.24, 2.45) is 0 Å². The van der Waals surface area contributed by atoms with Gasteiger partial charge in [-0.25, -0.2) is 18.4 Å². The van der Waals surface area contributed by atoms with Gasteiger partial charge in [0.05, 0.1) is 5.69 Å². The third kappa shape index (κ3) is 3.13. The number of hydrogen-bond donors (Lipinski definition) is 2. The molecule has 1 aliphatic heterocycles. The van der Waals surface area contributed by atoms with E-state index in [1.165, 1.54) is 5.92 Å². The molecular weight excluding hydrogens is 240 g/mol. The predicted octanol–water partition coefficient (Wildman–Crippen LogP) is 0.345. The Balaban J connectivity index is 2.10. The van der Waals surface area contributed by atoms with Crippen molar-refractivity contribution in [1.82, 2.24) is 14.9 Å². The third-order valence-electron chi connectivity index (χ3n) is 2.45. The SMILES string of the molecule is C[C](C)CN1Cc2cnc(N[SH](=O)=O)nc2C1. The zero-order valence-electron chi connectivity index (χ0n) is 9.80. The van der Waals surface area contributed by atoms with Gasteiger partial charge in [-0.05, 0) is 5.92 Å². The van der Waals surface area contributed by atoms with Gasteiger partial charge in [0, 0.05) is 31.4 Å². The van der Waals surface area contributed by atoms with E-state index in [0.717, 1.165) is 30.9 Å². The lowest BCUT2D eigenvalue weighted by molar-refractivity contribution is 0.294. The van der Waals surface area contributed by atoms with Gasteiger partial charge in [-0.2, -0.15) is 0 Å². The van der Waals surface area contributed by atoms with Crippen molar-refractivity contribution in [1.29, 1.82) is 0 Å². The molecule has 0 unspecified atom stereocenters. The predicted molar refractivity (Wildman–Crippen MR) is 64.7 cm³/mol. The van der Waals surface area contributed by atoms with E-state index in [1.54, 1.807) is 6.20 Å². The van der Waals surface area contributed by atoms with E-state index < -0.39 is 10.9 Å². The zero-order chi connectivity index (χ0) is 12.4. The first-order chi connectivity index (χ1) is 8.04. The normalized spacial score (nSPS) is 15.5. The quantitative estimate of drug-likeness (QED) is 0.759. The molecule has 1 radical (unpaired) electrons. The largest absolute Gasteiger partial charge is 0.293 e. The zero-order valence-corrected chi connectivity index (χ0v) is 10.7. The topological polar surface area (TPSA) is 75.2 Å². The molecule has 93 valence electrons. The Kier molecular flexibility index (Phi) is 3.58. The molecule has 17 heavy (non-hydrogen) atoms. The summed E-state index contributed by atoms with van der Waals surface area (Å²) in [5.74, 6) is 1.49. The minimum absolute atomic E-state index is 0.152. The molecule has 6 nitrogen and oxygen atoms in total. The second-order valence-electron chi connectivity index (χ2n) is 4.39. The first-order valence-electron chi connectivity index (χ1n) is 5.32. The van der Waals surface area contributed by atoms with Crippen molar-refractivity contribution in [2.45, 2.75) is 26.9 Å². The lowest BCUT2D eigenvalue weighted by atomic mass is 10.2. The van der Waals surface area contributed by atoms with Crippen LogP contribution in [-0.2, 0) is 24.0 Å². The lowest BCUT2D eigenvalue weighted by Crippen LogP contribution is -2.20. The van der Waals surface area contributed by atoms with E-state index in [2.05, 4.69) is 33.4 Å². The Morgan fingerprint density at radius 1 is 1.47 bits per heavy atom. The summed E-state index contributed by atoms with van der Waals surface area (Å²) in [7, 11) is -2.70. The van der Waals surface area contributed by atoms with E-state index in [9.17, 15) is 8.42 Å². The Morgan fingerprint density at radius 2 is 2.24 bits per heavy atom. The van der Waals surface area contributed by atoms with Crippen LogP contribution < -0.4 is 4.72 Å². The molecule has 0 atom stereocenters. The Labute approximate surface area is 102 Å². The second-order valence-corrected chi connectivity index (χ2v) is 5.12. The van der Waals surface area contributed by atoms with E-state index in [4.69, 9.17) is 0 Å². The van der Waals surface area contributed by atoms with Crippen molar-refractivity contribution in [3.63, 3.8) is 0 Å². The first kappa shape index (κ1) is 12.3. The molecule has 1 aliphatic rings. The number of aromatic nitrogens is 2. The van der Waals surface area contributed by atoms with Gasteiger partial charge < -0.3 is 0 Å². The number of anilines is 1. The van der Waals surface area contributed by atoms with Crippen LogP contribution in [0.4, 0.5) is 5.95 Å². The molecule has 7 heteroatoms. The molecule has 0 bridgehead atoms. The van der Waals surface area contributed by atoms with Gasteiger partial charge in [-0.1, -0.05) is 13.8 Å². The maximum absolute atomic E-state index is 10.5. The third-order valence-corrected chi connectivity index (χ3v) is 2.84. The highest BCUT2D eigenvalue weighted by atomic mass is 32.2. The molecular formula is C10H15N4O2S. The standard InChI is InChI=1S/C10H15N4O2S/c1-7(2)4-14-5-8-3-11-10(13-17(15)16)12-9(8)6-14/h3,17H,4-6H2,1-2H3,(H,11,12,13,15,16). The van der Waals surface area contributed by atoms with E-state index in [1.807, 2.05) is 0 Å². The average Bonchev–Trinajstić information content (AvgIpc) is 2.56. The van der Waals surface area contributed by atoms with Crippen LogP contribution in [0.25, 0.3) is 0 Å². The fraction of sp³-hybridized carbons (Fsp3) is 0.500. The average molecular weight is 255 g/mol. The Bertz CT molecular complexity index is 479. The summed E-state index contributed by atoms with van der Waals surface area (Å²) in [6, 6.07) is 0. The summed E-state index contributed by atoms with van der Waals surface area (Å²) in [6.07, 6.45) is 1.69. The van der Waals surface area contributed by atoms with Gasteiger partial charge in [0.1, 0.15) is 0 Å². The van der Waals surface area contributed by atoms with Gasteiger partial charge in [-0.15, -0.1) is 0 Å². The highest BCUT2D eigenvalue weighted by Gasteiger charge is 2.21. The number of rotatable bonds is 4. The minimum atomic E-state index is -2.70. The van der Waals surface area contributed by atoms with Gasteiger partial charge in [0.15, 0.2) is 0 Å². The fourth-order valence-corrected chi connectivity index (χ4v) is 2.19. The summed E-state index contributed by atoms with van der Waals surface area (Å²) in [5.41, 5.74) is 1.97. The maximum atomic E-state index is 10.5. The molecule has 0 aliphatic carbocycles. The molecule has 0 fully saturated rings. The van der Waals surface area contributed by atoms with Gasteiger partial charge in [0.2, 0.25) is 16.8 Å². The summed E-state index contributed by atoms with van der Waals surface area (Å²) in [4.78, 5) is 10.4. The number of nitrogens with one attached hydrogen (secondary N) is 1. The van der Waals surface area contributed by atoms with Gasteiger partial charge in [0.25, 0.3) is 0 Å². The van der Waals surface area contributed by atoms with Crippen LogP contribution in [0.1, 0.15) is 25.1 Å². The van der Waals surface area contributed by atoms with Crippen LogP contribution in [0.3, 0.4) is 0 Å². The molecule has 1 aromatic heterocycles. The number of nitrogens with zero attached hydrogens (tertiary/aromatic N) is 3. The molecule has 0 saturated heterocycles. The van der Waals surface area contributed by atoms with Crippen LogP contribution >= 0.6 is 0 Å². The Hall–Kier alpha value is -1.21. The molecule has 1 N–H and O–H groups in total. The van der Waals surface area contributed by atoms with Crippen molar-refractivity contribution >= 4 is 16.8 Å². The molecule has 2 heterocycles. The van der Waals surface area contributed by atoms with Gasteiger partial charge in [-0.3, -0.25) is 9.62 Å². The Morgan fingerprint density at radius 3 is 2.88 bits per heavy atom. The molecule has 0 aromatic carbocycles. The molecule has 0 saturated carbocycles. The van der Waals surface area contributed by atoms with Crippen molar-refractivity contribution in [3.05, 3.63) is 23.4 Å². The number of hydrogen-bond acceptors (Lipinski definition) is 5. The van der Waals surface area contributed by atoms with Crippen molar-refractivity contribution < 1.29 is 8.42 Å². The first-order valence-corrected chi connectivity index (χ1v) is 6.49. The summed E-state index contributed by atoms with van der Waals surface area (Å²) < 4.78 is 23.2. The van der Waals surface area contributed by atoms with Crippen LogP contribution in [0.2, 0.25) is 0 Å². The van der Waals surface area contributed by atoms with Crippen molar-refractivity contribution in [3.8, 4) is 0 Å². The fourth-order valence-electron chi connectivity index (χ4n) is 1.91. The molecule has 0 spiro atoms. The van der Waals surface area contributed by atoms with Crippen LogP contribution in [0.15, 0.2) is 6.20 Å². The smallest absolute Gasteiger partial charge is 0.236 e. The van der Waals surface area contributed by atoms with Crippen LogP contribution in [0, 0.1) is 5.92 Å². The van der Waals surface area contributed by atoms with E-state index >= 15 is 0 Å². The van der Waals surface area contributed by atoms with Crippen molar-refractivity contribution in [2.75, 3.05) is 11.3 Å². The lowest BCUT2D eigenvalue weighted by Gasteiger charge is -2.15. The number of fused-ring (bicyclic) bond motifs is 1. The van der Waals surface area contributed by atoms with Gasteiger partial charge >= 0.3 is 0 Å². The number of thiol groups is 1. The summed E-state index contributed by atoms with van der Waals surface area (Å²) in [6.45, 7) is 6.67. The molecule has 2 rings (SSSR count). The van der Waals surface area contributed by atoms with E-state index in [-0.39, 0.29) is 5.95 Å². The maximum Gasteiger partial charge on any atom is 0.236 e. The monoisotopic (exact) mass is 255 g/mol. The molecule has 0 amide bonds. The highest BCUT2D eigenvalue weighted by Crippen LogP contribution is 2.22. The van der Waals surface area contributed by atoms with Crippen LogP contribution in [0.5, 0.6) is 0 Å². The molecule has 1 aromatic rings. The summed E-state index contributed by atoms with van der Waals surface area (Å²) >= 11 is 0. The minimum Gasteiger partial charge on any atom is -0.293 e. The summed E-state index contributed by atoms with van der Waals surface area (Å²) in [5, 5.41) is 0. The van der Waals surface area contributed by atoms with Crippen LogP contribution in [-0.4, -0.2) is 29.8 Å². The van der Waals surface area contributed by atoms with E-state index in [0.29, 0.717) is 0 Å². The second kappa shape index (κ2) is 4.97. The highest BCUT2D eigenvalue weighted by molar-refractivity contribution is 7.73.